The van der Waals surface area contributed by atoms with Gasteiger partial charge in [-0.15, -0.1) is 0 Å². The number of pyridine rings is 1. The lowest BCUT2D eigenvalue weighted by molar-refractivity contribution is -0.122. The van der Waals surface area contributed by atoms with E-state index in [9.17, 15) is 4.79 Å². The standard InChI is InChI=1S/C9H10ClN2O2/c1-2-11-8(13)6-14-7-4-3-5-12-9(7)10/h3-5H,1-2,6H2,(H,11,13). The van der Waals surface area contributed by atoms with E-state index >= 15 is 0 Å². The van der Waals surface area contributed by atoms with E-state index < -0.39 is 0 Å². The number of carbonyl (C=O) groups excluding carboxylic acids is 1. The maximum atomic E-state index is 11.0. The van der Waals surface area contributed by atoms with Crippen LogP contribution >= 0.6 is 11.6 Å². The first-order valence-corrected chi connectivity index (χ1v) is 4.41. The van der Waals surface area contributed by atoms with Crippen molar-refractivity contribution >= 4 is 17.5 Å². The molecule has 0 saturated heterocycles. The second kappa shape index (κ2) is 5.44. The van der Waals surface area contributed by atoms with Gasteiger partial charge in [0.1, 0.15) is 0 Å². The number of ether oxygens (including phenoxy) is 1. The molecule has 0 aliphatic heterocycles. The summed E-state index contributed by atoms with van der Waals surface area (Å²) in [6.45, 7) is 3.73. The summed E-state index contributed by atoms with van der Waals surface area (Å²) in [5, 5.41) is 2.74. The predicted octanol–water partition coefficient (Wildman–Crippen LogP) is 1.06. The molecule has 1 radical (unpaired) electrons. The fraction of sp³-hybridized carbons (Fsp3) is 0.222. The summed E-state index contributed by atoms with van der Waals surface area (Å²) in [5.74, 6) is 0.160. The van der Waals surface area contributed by atoms with Gasteiger partial charge in [0.2, 0.25) is 0 Å². The molecule has 0 atom stereocenters. The molecule has 75 valence electrons. The average molecular weight is 214 g/mol. The number of nitrogens with zero attached hydrogens (tertiary/aromatic N) is 1. The van der Waals surface area contributed by atoms with Crippen LogP contribution in [-0.4, -0.2) is 24.0 Å². The summed E-state index contributed by atoms with van der Waals surface area (Å²) >= 11 is 5.70. The van der Waals surface area contributed by atoms with E-state index in [1.54, 1.807) is 18.3 Å². The van der Waals surface area contributed by atoms with E-state index in [4.69, 9.17) is 16.3 Å². The summed E-state index contributed by atoms with van der Waals surface area (Å²) in [6.07, 6.45) is 1.55. The second-order valence-electron chi connectivity index (χ2n) is 2.43. The van der Waals surface area contributed by atoms with Crippen molar-refractivity contribution in [3.8, 4) is 5.75 Å². The molecule has 5 heteroatoms. The molecule has 1 heterocycles. The van der Waals surface area contributed by atoms with E-state index in [1.807, 2.05) is 0 Å². The molecule has 0 spiro atoms. The van der Waals surface area contributed by atoms with Gasteiger partial charge in [0, 0.05) is 12.7 Å². The average Bonchev–Trinajstić information content (AvgIpc) is 2.17. The van der Waals surface area contributed by atoms with Crippen LogP contribution in [0.3, 0.4) is 0 Å². The van der Waals surface area contributed by atoms with Crippen LogP contribution in [0.5, 0.6) is 5.75 Å². The van der Waals surface area contributed by atoms with Gasteiger partial charge in [-0.05, 0) is 19.1 Å². The lowest BCUT2D eigenvalue weighted by atomic mass is 10.4. The van der Waals surface area contributed by atoms with Gasteiger partial charge < -0.3 is 10.1 Å². The number of aromatic nitrogens is 1. The van der Waals surface area contributed by atoms with Crippen molar-refractivity contribution in [3.63, 3.8) is 0 Å². The number of hydrogen-bond donors (Lipinski definition) is 1. The van der Waals surface area contributed by atoms with Crippen molar-refractivity contribution in [2.24, 2.45) is 0 Å². The van der Waals surface area contributed by atoms with Crippen molar-refractivity contribution < 1.29 is 9.53 Å². The number of amides is 1. The van der Waals surface area contributed by atoms with Crippen molar-refractivity contribution in [2.45, 2.75) is 0 Å². The van der Waals surface area contributed by atoms with Crippen molar-refractivity contribution in [1.29, 1.82) is 0 Å². The van der Waals surface area contributed by atoms with Gasteiger partial charge in [-0.2, -0.15) is 0 Å². The van der Waals surface area contributed by atoms with Crippen LogP contribution in [0.1, 0.15) is 0 Å². The van der Waals surface area contributed by atoms with Gasteiger partial charge in [-0.25, -0.2) is 4.98 Å². The highest BCUT2D eigenvalue weighted by molar-refractivity contribution is 6.30. The third kappa shape index (κ3) is 3.22. The molecule has 1 aromatic rings. The van der Waals surface area contributed by atoms with Crippen LogP contribution in [0, 0.1) is 6.92 Å². The summed E-state index contributed by atoms with van der Waals surface area (Å²) in [7, 11) is 0. The quantitative estimate of drug-likeness (QED) is 0.762. The number of hydrogen-bond acceptors (Lipinski definition) is 3. The Bertz CT molecular complexity index is 317. The molecular formula is C9H10ClN2O2. The highest BCUT2D eigenvalue weighted by Crippen LogP contribution is 2.19. The van der Waals surface area contributed by atoms with Gasteiger partial charge in [0.05, 0.1) is 0 Å². The van der Waals surface area contributed by atoms with Gasteiger partial charge >= 0.3 is 0 Å². The Kier molecular flexibility index (Phi) is 4.19. The van der Waals surface area contributed by atoms with E-state index in [1.165, 1.54) is 0 Å². The SMILES string of the molecule is [CH2]CNC(=O)COc1cccnc1Cl. The number of halogens is 1. The zero-order valence-corrected chi connectivity index (χ0v) is 8.25. The first-order chi connectivity index (χ1) is 6.74. The first-order valence-electron chi connectivity index (χ1n) is 4.03. The van der Waals surface area contributed by atoms with E-state index in [0.717, 1.165) is 0 Å². The minimum atomic E-state index is -0.236. The van der Waals surface area contributed by atoms with Crippen LogP contribution in [0.2, 0.25) is 5.15 Å². The van der Waals surface area contributed by atoms with Crippen LogP contribution in [-0.2, 0) is 4.79 Å². The minimum absolute atomic E-state index is 0.0824. The van der Waals surface area contributed by atoms with Crippen LogP contribution in [0.15, 0.2) is 18.3 Å². The van der Waals surface area contributed by atoms with Gasteiger partial charge in [0.25, 0.3) is 5.91 Å². The monoisotopic (exact) mass is 213 g/mol. The molecule has 0 fully saturated rings. The third-order valence-electron chi connectivity index (χ3n) is 1.41. The van der Waals surface area contributed by atoms with E-state index in [2.05, 4.69) is 17.2 Å². The number of carbonyl (C=O) groups is 1. The normalized spacial score (nSPS) is 9.57. The Hall–Kier alpha value is -1.29. The molecule has 1 amide bonds. The molecule has 0 aliphatic carbocycles. The smallest absolute Gasteiger partial charge is 0.257 e. The Morgan fingerprint density at radius 2 is 2.50 bits per heavy atom. The molecule has 1 N–H and O–H groups in total. The molecule has 0 unspecified atom stereocenters. The Labute approximate surface area is 87.2 Å². The molecule has 0 saturated carbocycles. The van der Waals surface area contributed by atoms with Gasteiger partial charge in [0.15, 0.2) is 17.5 Å². The fourth-order valence-electron chi connectivity index (χ4n) is 0.813. The highest BCUT2D eigenvalue weighted by Gasteiger charge is 2.04. The zero-order chi connectivity index (χ0) is 10.4. The van der Waals surface area contributed by atoms with Crippen LogP contribution < -0.4 is 10.1 Å². The third-order valence-corrected chi connectivity index (χ3v) is 1.69. The van der Waals surface area contributed by atoms with Crippen LogP contribution in [0.4, 0.5) is 0 Å². The maximum absolute atomic E-state index is 11.0. The second-order valence-corrected chi connectivity index (χ2v) is 2.79. The Balaban J connectivity index is 2.46. The molecule has 1 rings (SSSR count). The molecule has 1 aromatic heterocycles. The topological polar surface area (TPSA) is 51.2 Å². The molecule has 0 aliphatic rings. The first kappa shape index (κ1) is 10.8. The van der Waals surface area contributed by atoms with Crippen molar-refractivity contribution in [3.05, 3.63) is 30.4 Å². The van der Waals surface area contributed by atoms with Gasteiger partial charge in [-0.1, -0.05) is 11.6 Å². The molecule has 0 aromatic carbocycles. The van der Waals surface area contributed by atoms with E-state index in [0.29, 0.717) is 12.3 Å². The molecule has 14 heavy (non-hydrogen) atoms. The van der Waals surface area contributed by atoms with E-state index in [-0.39, 0.29) is 17.7 Å². The maximum Gasteiger partial charge on any atom is 0.257 e. The minimum Gasteiger partial charge on any atom is -0.481 e. The summed E-state index contributed by atoms with van der Waals surface area (Å²) in [5.41, 5.74) is 0. The highest BCUT2D eigenvalue weighted by atomic mass is 35.5. The van der Waals surface area contributed by atoms with Gasteiger partial charge in [-0.3, -0.25) is 4.79 Å². The molecule has 0 bridgehead atoms. The lowest BCUT2D eigenvalue weighted by Gasteiger charge is -2.06. The predicted molar refractivity (Wildman–Crippen MR) is 53.1 cm³/mol. The summed E-state index contributed by atoms with van der Waals surface area (Å²) < 4.78 is 5.12. The number of nitrogens with one attached hydrogen (secondary N) is 1. The fourth-order valence-corrected chi connectivity index (χ4v) is 0.987. The Morgan fingerprint density at radius 3 is 3.14 bits per heavy atom. The van der Waals surface area contributed by atoms with Crippen LogP contribution in [0.25, 0.3) is 0 Å². The lowest BCUT2D eigenvalue weighted by Crippen LogP contribution is -2.28. The van der Waals surface area contributed by atoms with Crippen molar-refractivity contribution in [2.75, 3.05) is 13.2 Å². The summed E-state index contributed by atoms with van der Waals surface area (Å²) in [4.78, 5) is 14.8. The van der Waals surface area contributed by atoms with Crippen molar-refractivity contribution in [1.82, 2.24) is 10.3 Å². The Morgan fingerprint density at radius 1 is 1.71 bits per heavy atom. The summed E-state index contributed by atoms with van der Waals surface area (Å²) in [6, 6.07) is 3.33. The number of rotatable bonds is 4. The molecular weight excluding hydrogens is 204 g/mol. The molecule has 4 nitrogen and oxygen atoms in total. The largest absolute Gasteiger partial charge is 0.481 e. The zero-order valence-electron chi connectivity index (χ0n) is 7.50.